The summed E-state index contributed by atoms with van der Waals surface area (Å²) in [6, 6.07) is 12.1. The summed E-state index contributed by atoms with van der Waals surface area (Å²) in [5.41, 5.74) is 5.63. The van der Waals surface area contributed by atoms with Crippen molar-refractivity contribution in [3.05, 3.63) is 90.3 Å². The quantitative estimate of drug-likeness (QED) is 0.110. The Labute approximate surface area is 444 Å². The number of nitrogens with zero attached hydrogens (tertiary/aromatic N) is 3. The molecule has 4 unspecified atom stereocenters. The number of sulfonamides is 2. The molecule has 0 saturated carbocycles. The minimum absolute atomic E-state index is 0. The number of carboxylic acid groups (broad SMARTS) is 1. The standard InChI is InChI=1S/C27H38N2O4S2.C18H27NO5S.C9H13NS.ClH/c1-5-24-23-13-16-34-25(23)12-15-28(24)26(30)11-8-10-21-9-6-7-14-29(21)35(31,32)27-19(2)17-22(33-4)18-20(27)3;1-13-11-16(24-3)12-14(2)18(13)25(22,23)19-10-5-4-7-15(19)8-6-9-17(20)21;1-2-8-7-4-6-11-9(7)3-5-10-8;/h13,16-18,21,24H,5-12,14-15H2,1-4H3;11-12,15H,4-10H2,1-3H3,(H,20,21);4,6,8,10H,2-3,5H2,1H3;1H. The number of thiophene rings is 2. The van der Waals surface area contributed by atoms with Gasteiger partial charge in [0.25, 0.3) is 0 Å². The van der Waals surface area contributed by atoms with Crippen LogP contribution in [0.1, 0.15) is 159 Å². The number of carbonyl (C=O) groups is 2. The van der Waals surface area contributed by atoms with Crippen LogP contribution in [0.15, 0.2) is 56.9 Å². The summed E-state index contributed by atoms with van der Waals surface area (Å²) in [5.74, 6) is 0.670. The molecule has 2 aromatic heterocycles. The van der Waals surface area contributed by atoms with Gasteiger partial charge in [-0.25, -0.2) is 16.8 Å². The first-order valence-electron chi connectivity index (χ1n) is 25.7. The van der Waals surface area contributed by atoms with Crippen molar-refractivity contribution in [3.8, 4) is 11.5 Å². The number of piperidine rings is 2. The topological polar surface area (TPSA) is 163 Å². The molecule has 2 saturated heterocycles. The van der Waals surface area contributed by atoms with Crippen LogP contribution in [0.2, 0.25) is 0 Å². The van der Waals surface area contributed by atoms with Crippen LogP contribution in [-0.4, -0.2) is 99.8 Å². The van der Waals surface area contributed by atoms with Crippen molar-refractivity contribution in [1.82, 2.24) is 18.8 Å². The molecule has 6 heterocycles. The monoisotopic (exact) mass is 1090 g/mol. The van der Waals surface area contributed by atoms with Crippen LogP contribution in [0, 0.1) is 27.7 Å². The first-order valence-corrected chi connectivity index (χ1v) is 30.3. The number of hydrogen-bond donors (Lipinski definition) is 2. The van der Waals surface area contributed by atoms with Crippen LogP contribution in [0.3, 0.4) is 0 Å². The number of benzene rings is 2. The highest BCUT2D eigenvalue weighted by molar-refractivity contribution is 7.89. The molecule has 2 N–H and O–H groups in total. The summed E-state index contributed by atoms with van der Waals surface area (Å²) in [6.45, 7) is 14.6. The van der Waals surface area contributed by atoms with Crippen LogP contribution in [-0.2, 0) is 42.5 Å². The molecule has 4 aliphatic rings. The molecule has 2 fully saturated rings. The molecule has 8 rings (SSSR count). The molecule has 400 valence electrons. The molecule has 72 heavy (non-hydrogen) atoms. The second kappa shape index (κ2) is 27.3. The van der Waals surface area contributed by atoms with Gasteiger partial charge in [-0.05, 0) is 185 Å². The van der Waals surface area contributed by atoms with Gasteiger partial charge in [0, 0.05) is 66.9 Å². The lowest BCUT2D eigenvalue weighted by atomic mass is 9.96. The SMILES string of the molecule is CCC1NCCc2sccc21.CCC1c2ccsc2CCN1C(=O)CCCC1CCCCN1S(=O)(=O)c1c(C)cc(OC)cc1C.COc1cc(C)c(S(=O)(=O)N2CCCCC2CCCC(=O)O)c(C)c1.Cl. The predicted molar refractivity (Wildman–Crippen MR) is 292 cm³/mol. The van der Waals surface area contributed by atoms with Crippen molar-refractivity contribution < 1.29 is 41.0 Å². The fourth-order valence-electron chi connectivity index (χ4n) is 11.2. The van der Waals surface area contributed by atoms with E-state index < -0.39 is 26.0 Å². The van der Waals surface area contributed by atoms with Crippen LogP contribution < -0.4 is 14.8 Å². The molecule has 0 radical (unpaired) electrons. The maximum absolute atomic E-state index is 13.8. The van der Waals surface area contributed by atoms with E-state index in [1.54, 1.807) is 82.7 Å². The Morgan fingerprint density at radius 1 is 0.681 bits per heavy atom. The average molecular weight is 1090 g/mol. The highest BCUT2D eigenvalue weighted by atomic mass is 35.5. The van der Waals surface area contributed by atoms with Crippen molar-refractivity contribution >= 4 is 67.0 Å². The fourth-order valence-corrected chi connectivity index (χ4v) is 17.4. The number of aryl methyl sites for hydroxylation is 4. The minimum Gasteiger partial charge on any atom is -0.497 e. The molecule has 2 aromatic carbocycles. The number of rotatable bonds is 16. The predicted octanol–water partition coefficient (Wildman–Crippen LogP) is 11.5. The smallest absolute Gasteiger partial charge is 0.303 e. The lowest BCUT2D eigenvalue weighted by molar-refractivity contribution is -0.137. The van der Waals surface area contributed by atoms with Gasteiger partial charge in [0.15, 0.2) is 0 Å². The third kappa shape index (κ3) is 14.2. The molecule has 4 aromatic rings. The first kappa shape index (κ1) is 59.3. The lowest BCUT2D eigenvalue weighted by Crippen LogP contribution is -2.44. The maximum Gasteiger partial charge on any atom is 0.303 e. The van der Waals surface area contributed by atoms with E-state index in [0.717, 1.165) is 64.5 Å². The van der Waals surface area contributed by atoms with Crippen LogP contribution >= 0.6 is 35.1 Å². The van der Waals surface area contributed by atoms with Crippen molar-refractivity contribution in [1.29, 1.82) is 0 Å². The molecule has 4 atom stereocenters. The zero-order valence-corrected chi connectivity index (χ0v) is 47.7. The molecule has 0 bridgehead atoms. The van der Waals surface area contributed by atoms with E-state index in [1.807, 2.05) is 25.2 Å². The molecule has 18 heteroatoms. The average Bonchev–Trinajstić information content (AvgIpc) is 4.04. The van der Waals surface area contributed by atoms with E-state index in [-0.39, 0.29) is 42.9 Å². The van der Waals surface area contributed by atoms with E-state index in [0.29, 0.717) is 94.8 Å². The van der Waals surface area contributed by atoms with Gasteiger partial charge in [-0.2, -0.15) is 8.61 Å². The van der Waals surface area contributed by atoms with E-state index in [4.69, 9.17) is 14.6 Å². The second-order valence-electron chi connectivity index (χ2n) is 19.4. The number of aliphatic carboxylic acids is 1. The van der Waals surface area contributed by atoms with E-state index in [2.05, 4.69) is 47.0 Å². The molecule has 4 aliphatic heterocycles. The summed E-state index contributed by atoms with van der Waals surface area (Å²) in [5, 5.41) is 16.7. The van der Waals surface area contributed by atoms with E-state index in [1.165, 1.54) is 23.3 Å². The summed E-state index contributed by atoms with van der Waals surface area (Å²) < 4.78 is 68.0. The fraction of sp³-hybridized carbons (Fsp3) is 0.593. The van der Waals surface area contributed by atoms with Crippen molar-refractivity contribution in [2.45, 2.75) is 178 Å². The Kier molecular flexibility index (Phi) is 22.5. The summed E-state index contributed by atoms with van der Waals surface area (Å²) in [4.78, 5) is 29.7. The summed E-state index contributed by atoms with van der Waals surface area (Å²) >= 11 is 3.70. The highest BCUT2D eigenvalue weighted by Gasteiger charge is 2.37. The summed E-state index contributed by atoms with van der Waals surface area (Å²) in [6.07, 6.45) is 12.7. The zero-order valence-electron chi connectivity index (χ0n) is 43.7. The van der Waals surface area contributed by atoms with Gasteiger partial charge in [-0.1, -0.05) is 26.7 Å². The molecule has 0 aliphatic carbocycles. The molecular weight excluding hydrogens is 1010 g/mol. The zero-order chi connectivity index (χ0) is 51.5. The largest absolute Gasteiger partial charge is 0.497 e. The molecule has 0 spiro atoms. The first-order chi connectivity index (χ1) is 34.0. The molecule has 13 nitrogen and oxygen atoms in total. The van der Waals surface area contributed by atoms with E-state index >= 15 is 0 Å². The number of hydrogen-bond acceptors (Lipinski definition) is 11. The van der Waals surface area contributed by atoms with Gasteiger partial charge in [-0.15, -0.1) is 35.1 Å². The third-order valence-corrected chi connectivity index (χ3v) is 21.1. The van der Waals surface area contributed by atoms with Crippen molar-refractivity contribution in [2.24, 2.45) is 0 Å². The van der Waals surface area contributed by atoms with Crippen LogP contribution in [0.5, 0.6) is 11.5 Å². The van der Waals surface area contributed by atoms with Crippen molar-refractivity contribution in [3.63, 3.8) is 0 Å². The number of carbonyl (C=O) groups excluding carboxylic acids is 1. The molecule has 1 amide bonds. The second-order valence-corrected chi connectivity index (χ2v) is 25.1. The van der Waals surface area contributed by atoms with Crippen molar-refractivity contribution in [2.75, 3.05) is 40.4 Å². The van der Waals surface area contributed by atoms with Gasteiger partial charge in [0.2, 0.25) is 26.0 Å². The van der Waals surface area contributed by atoms with E-state index in [9.17, 15) is 26.4 Å². The number of ether oxygens (including phenoxy) is 2. The van der Waals surface area contributed by atoms with Crippen LogP contribution in [0.25, 0.3) is 0 Å². The Hall–Kier alpha value is -3.55. The molecular formula is C54H79ClN4O9S4. The normalized spacial score (nSPS) is 20.4. The minimum atomic E-state index is -3.62. The number of amides is 1. The van der Waals surface area contributed by atoms with Gasteiger partial charge in [0.05, 0.1) is 30.1 Å². The Balaban J connectivity index is 0.000000225. The highest BCUT2D eigenvalue weighted by Crippen LogP contribution is 2.38. The van der Waals surface area contributed by atoms with Gasteiger partial charge >= 0.3 is 5.97 Å². The Morgan fingerprint density at radius 2 is 1.15 bits per heavy atom. The Morgan fingerprint density at radius 3 is 1.61 bits per heavy atom. The lowest BCUT2D eigenvalue weighted by Gasteiger charge is -2.37. The number of halogens is 1. The number of fused-ring (bicyclic) bond motifs is 2. The third-order valence-electron chi connectivity index (χ3n) is 14.6. The maximum atomic E-state index is 13.8. The van der Waals surface area contributed by atoms with Gasteiger partial charge in [0.1, 0.15) is 11.5 Å². The number of methoxy groups -OCH3 is 2. The Bertz CT molecular complexity index is 2610. The summed E-state index contributed by atoms with van der Waals surface area (Å²) in [7, 11) is -4.09. The van der Waals surface area contributed by atoms with Crippen LogP contribution in [0.4, 0.5) is 0 Å². The number of carboxylic acids is 1. The number of nitrogens with one attached hydrogen (secondary N) is 1. The van der Waals surface area contributed by atoms with Gasteiger partial charge in [-0.3, -0.25) is 9.59 Å². The van der Waals surface area contributed by atoms with Gasteiger partial charge < -0.3 is 24.8 Å².